The summed E-state index contributed by atoms with van der Waals surface area (Å²) >= 11 is 0. The number of hydrogen-bond donors (Lipinski definition) is 1. The van der Waals surface area contributed by atoms with Crippen LogP contribution in [0.3, 0.4) is 0 Å². The van der Waals surface area contributed by atoms with Gasteiger partial charge >= 0.3 is 0 Å². The molecule has 2 aromatic rings. The zero-order valence-corrected chi connectivity index (χ0v) is 11.2. The Morgan fingerprint density at radius 1 is 1.53 bits per heavy atom. The van der Waals surface area contributed by atoms with E-state index in [4.69, 9.17) is 4.52 Å². The van der Waals surface area contributed by atoms with Crippen LogP contribution in [0.25, 0.3) is 0 Å². The minimum atomic E-state index is -3.56. The van der Waals surface area contributed by atoms with Crippen LogP contribution in [-0.2, 0) is 10.0 Å². The summed E-state index contributed by atoms with van der Waals surface area (Å²) in [6.45, 7) is 2.29. The van der Waals surface area contributed by atoms with Crippen molar-refractivity contribution < 1.29 is 12.9 Å². The van der Waals surface area contributed by atoms with Crippen LogP contribution in [0.4, 0.5) is 0 Å². The predicted octanol–water partition coefficient (Wildman–Crippen LogP) is 1.23. The van der Waals surface area contributed by atoms with E-state index in [-0.39, 0.29) is 11.1 Å². The molecule has 8 heteroatoms. The minimum absolute atomic E-state index is 0.107. The Kier molecular flexibility index (Phi) is 2.90. The van der Waals surface area contributed by atoms with Crippen molar-refractivity contribution >= 4 is 10.0 Å². The first-order chi connectivity index (χ1) is 9.09. The van der Waals surface area contributed by atoms with Crippen LogP contribution in [0.1, 0.15) is 30.3 Å². The average Bonchev–Trinajstić information content (AvgIpc) is 3.10. The normalized spacial score (nSPS) is 21.0. The molecule has 19 heavy (non-hydrogen) atoms. The molecule has 0 spiro atoms. The van der Waals surface area contributed by atoms with Gasteiger partial charge in [0.25, 0.3) is 10.0 Å². The Labute approximate surface area is 110 Å². The summed E-state index contributed by atoms with van der Waals surface area (Å²) in [5, 5.41) is 3.93. The highest BCUT2D eigenvalue weighted by atomic mass is 32.2. The second kappa shape index (κ2) is 4.46. The van der Waals surface area contributed by atoms with Crippen molar-refractivity contribution in [3.05, 3.63) is 30.0 Å². The average molecular weight is 282 g/mol. The molecule has 1 aliphatic heterocycles. The molecule has 7 nitrogen and oxygen atoms in total. The number of nitrogens with zero attached hydrogens (tertiary/aromatic N) is 3. The summed E-state index contributed by atoms with van der Waals surface area (Å²) in [5.41, 5.74) is 0.751. The number of aromatic amines is 1. The van der Waals surface area contributed by atoms with Gasteiger partial charge in [0.05, 0.1) is 24.3 Å². The van der Waals surface area contributed by atoms with Gasteiger partial charge in [-0.3, -0.25) is 0 Å². The SMILES string of the molecule is Cc1cc(C2CCCN2S(=O)(=O)c2cnc[nH]2)on1. The first-order valence-corrected chi connectivity index (χ1v) is 7.46. The molecule has 0 aliphatic carbocycles. The van der Waals surface area contributed by atoms with E-state index >= 15 is 0 Å². The first-order valence-electron chi connectivity index (χ1n) is 6.02. The third-order valence-corrected chi connectivity index (χ3v) is 5.07. The van der Waals surface area contributed by atoms with Gasteiger partial charge in [0.15, 0.2) is 10.8 Å². The number of sulfonamides is 1. The second-order valence-electron chi connectivity index (χ2n) is 4.56. The van der Waals surface area contributed by atoms with E-state index in [1.807, 2.05) is 6.92 Å². The van der Waals surface area contributed by atoms with Gasteiger partial charge < -0.3 is 9.51 Å². The van der Waals surface area contributed by atoms with E-state index in [2.05, 4.69) is 15.1 Å². The predicted molar refractivity (Wildman–Crippen MR) is 65.7 cm³/mol. The van der Waals surface area contributed by atoms with E-state index in [9.17, 15) is 8.42 Å². The molecule has 102 valence electrons. The number of aromatic nitrogens is 3. The van der Waals surface area contributed by atoms with Gasteiger partial charge in [0.1, 0.15) is 0 Å². The number of rotatable bonds is 3. The molecule has 1 atom stereocenters. The first kappa shape index (κ1) is 12.4. The molecule has 2 aromatic heterocycles. The molecule has 0 saturated carbocycles. The molecule has 0 bridgehead atoms. The van der Waals surface area contributed by atoms with Gasteiger partial charge in [0.2, 0.25) is 0 Å². The summed E-state index contributed by atoms with van der Waals surface area (Å²) in [5.74, 6) is 0.595. The highest BCUT2D eigenvalue weighted by Gasteiger charge is 2.38. The molecule has 1 N–H and O–H groups in total. The van der Waals surface area contributed by atoms with Crippen LogP contribution in [-0.4, -0.2) is 34.4 Å². The lowest BCUT2D eigenvalue weighted by Gasteiger charge is -2.20. The van der Waals surface area contributed by atoms with E-state index in [0.29, 0.717) is 12.3 Å². The fourth-order valence-electron chi connectivity index (χ4n) is 2.36. The van der Waals surface area contributed by atoms with Crippen molar-refractivity contribution in [2.45, 2.75) is 30.8 Å². The van der Waals surface area contributed by atoms with Gasteiger partial charge in [-0.25, -0.2) is 13.4 Å². The van der Waals surface area contributed by atoms with E-state index in [1.54, 1.807) is 6.07 Å². The molecule has 0 amide bonds. The number of nitrogens with one attached hydrogen (secondary N) is 1. The van der Waals surface area contributed by atoms with Crippen molar-refractivity contribution in [2.75, 3.05) is 6.54 Å². The van der Waals surface area contributed by atoms with Crippen LogP contribution in [0.2, 0.25) is 0 Å². The molecule has 1 fully saturated rings. The molecule has 1 aliphatic rings. The smallest absolute Gasteiger partial charge is 0.260 e. The molecule has 0 aromatic carbocycles. The molecule has 1 unspecified atom stereocenters. The van der Waals surface area contributed by atoms with Crippen molar-refractivity contribution in [3.8, 4) is 0 Å². The highest BCUT2D eigenvalue weighted by Crippen LogP contribution is 2.36. The van der Waals surface area contributed by atoms with Crippen LogP contribution >= 0.6 is 0 Å². The topological polar surface area (TPSA) is 92.1 Å². The van der Waals surface area contributed by atoms with Crippen LogP contribution < -0.4 is 0 Å². The number of H-pyrrole nitrogens is 1. The van der Waals surface area contributed by atoms with Gasteiger partial charge in [-0.2, -0.15) is 4.31 Å². The van der Waals surface area contributed by atoms with Gasteiger partial charge in [-0.1, -0.05) is 5.16 Å². The summed E-state index contributed by atoms with van der Waals surface area (Å²) < 4.78 is 31.6. The van der Waals surface area contributed by atoms with E-state index in [0.717, 1.165) is 18.5 Å². The lowest BCUT2D eigenvalue weighted by Crippen LogP contribution is -2.30. The lowest BCUT2D eigenvalue weighted by molar-refractivity contribution is 0.296. The molecular formula is C11H14N4O3S. The van der Waals surface area contributed by atoms with Crippen LogP contribution in [0.15, 0.2) is 28.1 Å². The lowest BCUT2D eigenvalue weighted by atomic mass is 10.2. The third-order valence-electron chi connectivity index (χ3n) is 3.24. The monoisotopic (exact) mass is 282 g/mol. The van der Waals surface area contributed by atoms with Gasteiger partial charge in [-0.15, -0.1) is 0 Å². The Balaban J connectivity index is 1.96. The molecular weight excluding hydrogens is 268 g/mol. The maximum absolute atomic E-state index is 12.5. The Bertz CT molecular complexity index is 662. The molecule has 3 heterocycles. The molecule has 0 radical (unpaired) electrons. The van der Waals surface area contributed by atoms with Crippen molar-refractivity contribution in [1.29, 1.82) is 0 Å². The standard InChI is InChI=1S/C11H14N4O3S/c1-8-5-10(18-14-8)9-3-2-4-15(9)19(16,17)11-6-12-7-13-11/h5-7,9H,2-4H2,1H3,(H,12,13). The molecule has 3 rings (SSSR count). The summed E-state index contributed by atoms with van der Waals surface area (Å²) in [6, 6.07) is 1.50. The minimum Gasteiger partial charge on any atom is -0.359 e. The van der Waals surface area contributed by atoms with Crippen molar-refractivity contribution in [3.63, 3.8) is 0 Å². The fraction of sp³-hybridized carbons (Fsp3) is 0.455. The Hall–Kier alpha value is -1.67. The Morgan fingerprint density at radius 2 is 2.37 bits per heavy atom. The molecule has 1 saturated heterocycles. The summed E-state index contributed by atoms with van der Waals surface area (Å²) in [6.07, 6.45) is 4.21. The largest absolute Gasteiger partial charge is 0.359 e. The zero-order valence-electron chi connectivity index (χ0n) is 10.4. The summed E-state index contributed by atoms with van der Waals surface area (Å²) in [7, 11) is -3.56. The third kappa shape index (κ3) is 2.06. The Morgan fingerprint density at radius 3 is 3.00 bits per heavy atom. The van der Waals surface area contributed by atoms with E-state index < -0.39 is 10.0 Å². The van der Waals surface area contributed by atoms with Crippen LogP contribution in [0.5, 0.6) is 0 Å². The maximum atomic E-state index is 12.5. The van der Waals surface area contributed by atoms with E-state index in [1.165, 1.54) is 16.8 Å². The zero-order chi connectivity index (χ0) is 13.5. The summed E-state index contributed by atoms with van der Waals surface area (Å²) in [4.78, 5) is 6.41. The highest BCUT2D eigenvalue weighted by molar-refractivity contribution is 7.89. The number of aryl methyl sites for hydroxylation is 1. The van der Waals surface area contributed by atoms with Gasteiger partial charge in [-0.05, 0) is 19.8 Å². The van der Waals surface area contributed by atoms with Crippen LogP contribution in [0, 0.1) is 6.92 Å². The van der Waals surface area contributed by atoms with Crippen molar-refractivity contribution in [1.82, 2.24) is 19.4 Å². The van der Waals surface area contributed by atoms with Gasteiger partial charge in [0, 0.05) is 12.6 Å². The van der Waals surface area contributed by atoms with Crippen molar-refractivity contribution in [2.24, 2.45) is 0 Å². The number of hydrogen-bond acceptors (Lipinski definition) is 5. The fourth-order valence-corrected chi connectivity index (χ4v) is 3.93. The quantitative estimate of drug-likeness (QED) is 0.914. The second-order valence-corrected chi connectivity index (χ2v) is 6.42. The maximum Gasteiger partial charge on any atom is 0.260 e. The number of imidazole rings is 1.